The molecule has 0 fully saturated rings. The maximum absolute atomic E-state index is 12.9. The Hall–Kier alpha value is -3.35. The number of hydrogen-bond acceptors (Lipinski definition) is 5. The van der Waals surface area contributed by atoms with Crippen molar-refractivity contribution in [1.29, 1.82) is 0 Å². The summed E-state index contributed by atoms with van der Waals surface area (Å²) in [5.74, 6) is -0.814. The molecule has 160 valence electrons. The molecule has 2 N–H and O–H groups in total. The van der Waals surface area contributed by atoms with Gasteiger partial charge in [0.15, 0.2) is 0 Å². The Morgan fingerprint density at radius 3 is 2.07 bits per heavy atom. The van der Waals surface area contributed by atoms with Crippen molar-refractivity contribution in [2.24, 2.45) is 5.92 Å². The molecule has 0 radical (unpaired) electrons. The predicted molar refractivity (Wildman–Crippen MR) is 113 cm³/mol. The van der Waals surface area contributed by atoms with E-state index in [0.29, 0.717) is 18.6 Å². The maximum atomic E-state index is 12.9. The van der Waals surface area contributed by atoms with Crippen LogP contribution in [0.15, 0.2) is 60.7 Å². The van der Waals surface area contributed by atoms with Crippen molar-refractivity contribution in [2.75, 3.05) is 7.11 Å². The number of methoxy groups -OCH3 is 1. The molecule has 0 saturated carbocycles. The molecule has 2 atom stereocenters. The van der Waals surface area contributed by atoms with Crippen molar-refractivity contribution in [3.8, 4) is 5.75 Å². The van der Waals surface area contributed by atoms with Crippen molar-refractivity contribution in [3.05, 3.63) is 66.2 Å². The van der Waals surface area contributed by atoms with E-state index in [2.05, 4.69) is 10.6 Å². The first-order chi connectivity index (χ1) is 14.4. The second-order valence-electron chi connectivity index (χ2n) is 7.18. The molecule has 7 nitrogen and oxygen atoms in total. The van der Waals surface area contributed by atoms with E-state index in [-0.39, 0.29) is 5.92 Å². The van der Waals surface area contributed by atoms with Crippen LogP contribution in [0.2, 0.25) is 0 Å². The summed E-state index contributed by atoms with van der Waals surface area (Å²) in [6.45, 7) is 3.61. The van der Waals surface area contributed by atoms with E-state index in [4.69, 9.17) is 9.47 Å². The van der Waals surface area contributed by atoms with E-state index in [0.717, 1.165) is 5.56 Å². The van der Waals surface area contributed by atoms with Gasteiger partial charge in [-0.25, -0.2) is 9.59 Å². The zero-order valence-electron chi connectivity index (χ0n) is 17.5. The summed E-state index contributed by atoms with van der Waals surface area (Å²) < 4.78 is 10.0. The first kappa shape index (κ1) is 22.9. The Balaban J connectivity index is 2.09. The fraction of sp³-hybridized carbons (Fsp3) is 0.348. The van der Waals surface area contributed by atoms with Gasteiger partial charge in [0.25, 0.3) is 0 Å². The molecule has 7 heteroatoms. The Labute approximate surface area is 176 Å². The number of nitrogens with one attached hydrogen (secondary N) is 2. The summed E-state index contributed by atoms with van der Waals surface area (Å²) in [4.78, 5) is 37.2. The van der Waals surface area contributed by atoms with Crippen molar-refractivity contribution >= 4 is 18.0 Å². The van der Waals surface area contributed by atoms with Crippen molar-refractivity contribution in [1.82, 2.24) is 10.6 Å². The Kier molecular flexibility index (Phi) is 8.87. The molecular formula is C23H28N2O5. The number of carbonyl (C=O) groups is 3. The summed E-state index contributed by atoms with van der Waals surface area (Å²) in [7, 11) is 1.27. The Morgan fingerprint density at radius 2 is 1.50 bits per heavy atom. The summed E-state index contributed by atoms with van der Waals surface area (Å²) in [6, 6.07) is 16.5. The molecule has 2 rings (SSSR count). The van der Waals surface area contributed by atoms with Gasteiger partial charge in [0, 0.05) is 0 Å². The predicted octanol–water partition coefficient (Wildman–Crippen LogP) is 3.09. The lowest BCUT2D eigenvalue weighted by Crippen LogP contribution is -2.53. The lowest BCUT2D eigenvalue weighted by atomic mass is 10.0. The molecule has 30 heavy (non-hydrogen) atoms. The van der Waals surface area contributed by atoms with Gasteiger partial charge in [-0.05, 0) is 36.5 Å². The zero-order valence-corrected chi connectivity index (χ0v) is 17.5. The van der Waals surface area contributed by atoms with Gasteiger partial charge >= 0.3 is 12.1 Å². The summed E-state index contributed by atoms with van der Waals surface area (Å²) >= 11 is 0. The van der Waals surface area contributed by atoms with Crippen LogP contribution in [0.3, 0.4) is 0 Å². The monoisotopic (exact) mass is 412 g/mol. The third-order valence-corrected chi connectivity index (χ3v) is 4.55. The van der Waals surface area contributed by atoms with Gasteiger partial charge in [0.1, 0.15) is 17.8 Å². The molecule has 2 unspecified atom stereocenters. The van der Waals surface area contributed by atoms with Gasteiger partial charge in [-0.2, -0.15) is 0 Å². The average Bonchev–Trinajstić information content (AvgIpc) is 2.75. The minimum atomic E-state index is -0.882. The van der Waals surface area contributed by atoms with Gasteiger partial charge < -0.3 is 20.1 Å². The minimum Gasteiger partial charge on any atom is -0.467 e. The highest BCUT2D eigenvalue weighted by Gasteiger charge is 2.29. The van der Waals surface area contributed by atoms with E-state index in [1.165, 1.54) is 7.11 Å². The quantitative estimate of drug-likeness (QED) is 0.618. The Morgan fingerprint density at radius 1 is 0.900 bits per heavy atom. The summed E-state index contributed by atoms with van der Waals surface area (Å²) in [5.41, 5.74) is 1.03. The highest BCUT2D eigenvalue weighted by atomic mass is 16.6. The van der Waals surface area contributed by atoms with Crippen LogP contribution in [0.5, 0.6) is 5.75 Å². The van der Waals surface area contributed by atoms with E-state index in [1.807, 2.05) is 30.3 Å². The maximum Gasteiger partial charge on any atom is 0.413 e. The van der Waals surface area contributed by atoms with E-state index < -0.39 is 30.1 Å². The van der Waals surface area contributed by atoms with E-state index >= 15 is 0 Å². The first-order valence-corrected chi connectivity index (χ1v) is 9.86. The number of hydrogen-bond donors (Lipinski definition) is 2. The third-order valence-electron chi connectivity index (χ3n) is 4.55. The average molecular weight is 412 g/mol. The van der Waals surface area contributed by atoms with Crippen LogP contribution in [0.4, 0.5) is 4.79 Å². The molecule has 2 amide bonds. The van der Waals surface area contributed by atoms with Crippen LogP contribution in [-0.4, -0.2) is 37.2 Å². The first-order valence-electron chi connectivity index (χ1n) is 9.86. The lowest BCUT2D eigenvalue weighted by molar-refractivity contribution is -0.146. The number of aryl methyl sites for hydroxylation is 1. The van der Waals surface area contributed by atoms with Crippen LogP contribution < -0.4 is 15.4 Å². The standard InChI is InChI=1S/C23H28N2O5/c1-16(2)20(22(27)29-3)25-21(26)19(15-14-17-10-6-4-7-11-17)24-23(28)30-18-12-8-5-9-13-18/h4-13,16,19-20H,14-15H2,1-3H3,(H,24,28)(H,25,26). The minimum absolute atomic E-state index is 0.174. The molecule has 2 aromatic carbocycles. The van der Waals surface area contributed by atoms with Gasteiger partial charge in [0.05, 0.1) is 7.11 Å². The number of para-hydroxylation sites is 1. The lowest BCUT2D eigenvalue weighted by Gasteiger charge is -2.24. The summed E-state index contributed by atoms with van der Waals surface area (Å²) in [6.07, 6.45) is 0.162. The number of amides is 2. The largest absolute Gasteiger partial charge is 0.467 e. The van der Waals surface area contributed by atoms with Crippen LogP contribution in [0.25, 0.3) is 0 Å². The number of ether oxygens (including phenoxy) is 2. The molecule has 0 aliphatic carbocycles. The van der Waals surface area contributed by atoms with Gasteiger partial charge in [-0.15, -0.1) is 0 Å². The molecular weight excluding hydrogens is 384 g/mol. The van der Waals surface area contributed by atoms with Gasteiger partial charge in [0.2, 0.25) is 5.91 Å². The van der Waals surface area contributed by atoms with Crippen LogP contribution in [-0.2, 0) is 20.7 Å². The molecule has 0 bridgehead atoms. The van der Waals surface area contributed by atoms with E-state index in [1.54, 1.807) is 44.2 Å². The normalized spacial score (nSPS) is 12.5. The van der Waals surface area contributed by atoms with E-state index in [9.17, 15) is 14.4 Å². The summed E-state index contributed by atoms with van der Waals surface area (Å²) in [5, 5.41) is 5.30. The molecule has 0 aliphatic rings. The van der Waals surface area contributed by atoms with Gasteiger partial charge in [-0.1, -0.05) is 62.4 Å². The molecule has 0 saturated heterocycles. The molecule has 0 aliphatic heterocycles. The molecule has 0 heterocycles. The van der Waals surface area contributed by atoms with Crippen molar-refractivity contribution < 1.29 is 23.9 Å². The number of esters is 1. The third kappa shape index (κ3) is 7.24. The molecule has 0 spiro atoms. The highest BCUT2D eigenvalue weighted by molar-refractivity contribution is 5.90. The highest BCUT2D eigenvalue weighted by Crippen LogP contribution is 2.11. The van der Waals surface area contributed by atoms with Crippen LogP contribution in [0.1, 0.15) is 25.8 Å². The topological polar surface area (TPSA) is 93.7 Å². The second kappa shape index (κ2) is 11.6. The fourth-order valence-electron chi connectivity index (χ4n) is 2.87. The van der Waals surface area contributed by atoms with Crippen LogP contribution in [0, 0.1) is 5.92 Å². The number of benzene rings is 2. The van der Waals surface area contributed by atoms with Crippen LogP contribution >= 0.6 is 0 Å². The SMILES string of the molecule is COC(=O)C(NC(=O)C(CCc1ccccc1)NC(=O)Oc1ccccc1)C(C)C. The number of carbonyl (C=O) groups excluding carboxylic acids is 3. The molecule has 0 aromatic heterocycles. The van der Waals surface area contributed by atoms with Crippen molar-refractivity contribution in [3.63, 3.8) is 0 Å². The second-order valence-corrected chi connectivity index (χ2v) is 7.18. The number of rotatable bonds is 9. The fourth-order valence-corrected chi connectivity index (χ4v) is 2.87. The smallest absolute Gasteiger partial charge is 0.413 e. The van der Waals surface area contributed by atoms with Gasteiger partial charge in [-0.3, -0.25) is 4.79 Å². The van der Waals surface area contributed by atoms with Crippen molar-refractivity contribution in [2.45, 2.75) is 38.8 Å². The molecule has 2 aromatic rings. The Bertz CT molecular complexity index is 824. The zero-order chi connectivity index (χ0) is 21.9.